The summed E-state index contributed by atoms with van der Waals surface area (Å²) in [5, 5.41) is 14.2. The van der Waals surface area contributed by atoms with Gasteiger partial charge in [0.25, 0.3) is 15.7 Å². The molecule has 0 aromatic heterocycles. The number of non-ortho nitro benzene ring substituents is 1. The zero-order valence-electron chi connectivity index (χ0n) is 21.5. The molecule has 0 spiro atoms. The Labute approximate surface area is 228 Å². The van der Waals surface area contributed by atoms with E-state index in [0.29, 0.717) is 5.69 Å². The summed E-state index contributed by atoms with van der Waals surface area (Å²) in [6.07, 6.45) is 7.88. The molecule has 3 aromatic carbocycles. The Morgan fingerprint density at radius 1 is 0.897 bits per heavy atom. The molecule has 1 N–H and O–H groups in total. The van der Waals surface area contributed by atoms with E-state index in [4.69, 9.17) is 0 Å². The van der Waals surface area contributed by atoms with Crippen LogP contribution in [-0.2, 0) is 20.2 Å². The van der Waals surface area contributed by atoms with Crippen LogP contribution in [0.15, 0.2) is 83.8 Å². The number of hydrogen-bond donors (Lipinski definition) is 1. The lowest BCUT2D eigenvalue weighted by Gasteiger charge is -2.57. The highest BCUT2D eigenvalue weighted by molar-refractivity contribution is 7.92. The van der Waals surface area contributed by atoms with Crippen molar-refractivity contribution < 1.29 is 18.1 Å². The van der Waals surface area contributed by atoms with E-state index in [1.54, 1.807) is 18.2 Å². The van der Waals surface area contributed by atoms with Gasteiger partial charge in [0.15, 0.2) is 0 Å². The lowest BCUT2D eigenvalue weighted by atomic mass is 9.48. The smallest absolute Gasteiger partial charge is 0.271 e. The summed E-state index contributed by atoms with van der Waals surface area (Å²) in [6.45, 7) is -0.533. The second kappa shape index (κ2) is 9.79. The third-order valence-electron chi connectivity index (χ3n) is 8.77. The average molecular weight is 546 g/mol. The Bertz CT molecular complexity index is 1470. The Hall–Kier alpha value is -3.72. The quantitative estimate of drug-likeness (QED) is 0.280. The molecule has 202 valence electrons. The van der Waals surface area contributed by atoms with Crippen LogP contribution in [0, 0.1) is 27.9 Å². The van der Waals surface area contributed by atoms with Crippen LogP contribution in [0.3, 0.4) is 0 Å². The van der Waals surface area contributed by atoms with Crippen molar-refractivity contribution in [2.24, 2.45) is 17.8 Å². The number of nitro benzene ring substituents is 1. The zero-order valence-corrected chi connectivity index (χ0v) is 22.3. The number of hydrogen-bond acceptors (Lipinski definition) is 5. The highest BCUT2D eigenvalue weighted by Crippen LogP contribution is 2.60. The predicted octanol–water partition coefficient (Wildman–Crippen LogP) is 5.90. The van der Waals surface area contributed by atoms with Crippen molar-refractivity contribution in [3.8, 4) is 0 Å². The molecule has 0 aliphatic heterocycles. The molecule has 0 unspecified atom stereocenters. The molecule has 3 aromatic rings. The average Bonchev–Trinajstić information content (AvgIpc) is 2.92. The van der Waals surface area contributed by atoms with E-state index in [9.17, 15) is 23.3 Å². The van der Waals surface area contributed by atoms with Crippen molar-refractivity contribution in [3.63, 3.8) is 0 Å². The van der Waals surface area contributed by atoms with Crippen molar-refractivity contribution in [2.45, 2.75) is 48.8 Å². The number of rotatable bonds is 8. The number of carbonyl (C=O) groups excluding carboxylic acids is 1. The number of benzene rings is 3. The summed E-state index contributed by atoms with van der Waals surface area (Å²) in [5.74, 6) is 1.97. The third-order valence-corrected chi connectivity index (χ3v) is 10.6. The van der Waals surface area contributed by atoms with E-state index >= 15 is 0 Å². The van der Waals surface area contributed by atoms with E-state index in [1.165, 1.54) is 74.4 Å². The molecule has 4 saturated carbocycles. The number of sulfonamides is 1. The number of anilines is 2. The number of amides is 1. The number of carbonyl (C=O) groups is 1. The van der Waals surface area contributed by atoms with Crippen molar-refractivity contribution in [3.05, 3.63) is 94.5 Å². The lowest BCUT2D eigenvalue weighted by molar-refractivity contribution is -0.384. The van der Waals surface area contributed by atoms with Crippen LogP contribution in [-0.4, -0.2) is 25.8 Å². The Balaban J connectivity index is 1.22. The zero-order chi connectivity index (χ0) is 27.2. The van der Waals surface area contributed by atoms with Crippen LogP contribution in [0.25, 0.3) is 0 Å². The van der Waals surface area contributed by atoms with Crippen LogP contribution >= 0.6 is 0 Å². The van der Waals surface area contributed by atoms with E-state index < -0.39 is 27.4 Å². The first-order chi connectivity index (χ1) is 18.7. The highest BCUT2D eigenvalue weighted by atomic mass is 32.2. The molecule has 1 amide bonds. The van der Waals surface area contributed by atoms with Gasteiger partial charge < -0.3 is 5.32 Å². The van der Waals surface area contributed by atoms with Crippen LogP contribution in [0.4, 0.5) is 17.1 Å². The number of nitro groups is 1. The monoisotopic (exact) mass is 545 g/mol. The topological polar surface area (TPSA) is 110 Å². The first kappa shape index (κ1) is 25.6. The molecule has 4 bridgehead atoms. The van der Waals surface area contributed by atoms with Gasteiger partial charge in [-0.2, -0.15) is 0 Å². The molecule has 0 saturated heterocycles. The molecule has 7 rings (SSSR count). The van der Waals surface area contributed by atoms with Crippen molar-refractivity contribution in [1.82, 2.24) is 0 Å². The van der Waals surface area contributed by atoms with Gasteiger partial charge in [-0.05, 0) is 97.6 Å². The summed E-state index contributed by atoms with van der Waals surface area (Å²) in [7, 11) is -4.17. The maximum Gasteiger partial charge on any atom is 0.271 e. The summed E-state index contributed by atoms with van der Waals surface area (Å²) in [6, 6.07) is 21.0. The molecular weight excluding hydrogens is 514 g/mol. The van der Waals surface area contributed by atoms with Gasteiger partial charge in [-0.3, -0.25) is 19.2 Å². The van der Waals surface area contributed by atoms with Gasteiger partial charge in [-0.25, -0.2) is 8.42 Å². The van der Waals surface area contributed by atoms with Crippen LogP contribution < -0.4 is 9.62 Å². The summed E-state index contributed by atoms with van der Waals surface area (Å²) in [5.41, 5.74) is 1.95. The van der Waals surface area contributed by atoms with Crippen molar-refractivity contribution >= 4 is 33.0 Å². The van der Waals surface area contributed by atoms with Gasteiger partial charge in [-0.15, -0.1) is 0 Å². The SMILES string of the molecule is O=C(CN(c1cccc([N+](=O)[O-])c1)S(=O)(=O)c1ccccc1)Nc1ccc(C23CC4CC(CC(C4)C2)C3)cc1. The molecule has 4 aliphatic rings. The Morgan fingerprint density at radius 3 is 2.10 bits per heavy atom. The van der Waals surface area contributed by atoms with Crippen LogP contribution in [0.1, 0.15) is 44.1 Å². The maximum atomic E-state index is 13.5. The Morgan fingerprint density at radius 2 is 1.51 bits per heavy atom. The molecule has 4 fully saturated rings. The van der Waals surface area contributed by atoms with Gasteiger partial charge in [0, 0.05) is 17.8 Å². The Kier molecular flexibility index (Phi) is 6.41. The molecule has 0 atom stereocenters. The minimum atomic E-state index is -4.17. The van der Waals surface area contributed by atoms with Crippen LogP contribution in [0.5, 0.6) is 0 Å². The minimum Gasteiger partial charge on any atom is -0.325 e. The van der Waals surface area contributed by atoms with E-state index in [-0.39, 0.29) is 21.7 Å². The third kappa shape index (κ3) is 4.91. The van der Waals surface area contributed by atoms with Crippen molar-refractivity contribution in [1.29, 1.82) is 0 Å². The largest absolute Gasteiger partial charge is 0.325 e. The fraction of sp³-hybridized carbons (Fsp3) is 0.367. The first-order valence-electron chi connectivity index (χ1n) is 13.4. The molecular formula is C30H31N3O5S. The van der Waals surface area contributed by atoms with Gasteiger partial charge >= 0.3 is 0 Å². The second-order valence-electron chi connectivity index (χ2n) is 11.4. The fourth-order valence-corrected chi connectivity index (χ4v) is 8.93. The van der Waals surface area contributed by atoms with E-state index in [2.05, 4.69) is 17.4 Å². The summed E-state index contributed by atoms with van der Waals surface area (Å²) in [4.78, 5) is 23.9. The second-order valence-corrected chi connectivity index (χ2v) is 13.3. The molecule has 39 heavy (non-hydrogen) atoms. The lowest BCUT2D eigenvalue weighted by Crippen LogP contribution is -2.48. The molecule has 8 nitrogen and oxygen atoms in total. The van der Waals surface area contributed by atoms with Gasteiger partial charge in [-0.1, -0.05) is 36.4 Å². The molecule has 0 heterocycles. The minimum absolute atomic E-state index is 0.00997. The predicted molar refractivity (Wildman–Crippen MR) is 149 cm³/mol. The van der Waals surface area contributed by atoms with E-state index in [1.807, 2.05) is 12.1 Å². The fourth-order valence-electron chi connectivity index (χ4n) is 7.50. The van der Waals surface area contributed by atoms with Gasteiger partial charge in [0.1, 0.15) is 6.54 Å². The van der Waals surface area contributed by atoms with Crippen LogP contribution in [0.2, 0.25) is 0 Å². The molecule has 9 heteroatoms. The number of nitrogens with one attached hydrogen (secondary N) is 1. The molecule has 0 radical (unpaired) electrons. The van der Waals surface area contributed by atoms with Gasteiger partial charge in [0.05, 0.1) is 15.5 Å². The van der Waals surface area contributed by atoms with Crippen molar-refractivity contribution in [2.75, 3.05) is 16.2 Å². The number of nitrogens with zero attached hydrogens (tertiary/aromatic N) is 2. The maximum absolute atomic E-state index is 13.5. The summed E-state index contributed by atoms with van der Waals surface area (Å²) >= 11 is 0. The standard InChI is InChI=1S/C30H31N3O5S/c34-29(31-25-11-9-24(10-12-25)30-17-21-13-22(18-30)15-23(14-21)19-30)20-32(26-5-4-6-27(16-26)33(35)36)39(37,38)28-7-2-1-3-8-28/h1-12,16,21-23H,13-15,17-20H2,(H,31,34). The first-order valence-corrected chi connectivity index (χ1v) is 14.9. The highest BCUT2D eigenvalue weighted by Gasteiger charge is 2.51. The molecule has 4 aliphatic carbocycles. The summed E-state index contributed by atoms with van der Waals surface area (Å²) < 4.78 is 28.0. The van der Waals surface area contributed by atoms with E-state index in [0.717, 1.165) is 28.1 Å². The normalized spacial score (nSPS) is 25.3. The van der Waals surface area contributed by atoms with Gasteiger partial charge in [0.2, 0.25) is 5.91 Å².